The Labute approximate surface area is 145 Å². The van der Waals surface area contributed by atoms with E-state index in [0.717, 1.165) is 16.6 Å². The second kappa shape index (κ2) is 6.36. The van der Waals surface area contributed by atoms with Crippen molar-refractivity contribution in [1.82, 2.24) is 10.2 Å². The molecule has 3 saturated heterocycles. The number of nitrogens with one attached hydrogen (secondary N) is 1. The third-order valence-electron chi connectivity index (χ3n) is 4.71. The number of halogens is 2. The van der Waals surface area contributed by atoms with Gasteiger partial charge in [0.25, 0.3) is 5.91 Å². The second-order valence-electron chi connectivity index (χ2n) is 5.96. The summed E-state index contributed by atoms with van der Waals surface area (Å²) in [6.45, 7) is 3.35. The molecular formula is C16H18Cl2N2OS. The molecule has 3 aliphatic rings. The van der Waals surface area contributed by atoms with E-state index < -0.39 is 0 Å². The van der Waals surface area contributed by atoms with Crippen molar-refractivity contribution < 1.29 is 4.79 Å². The minimum atomic E-state index is -0.0139. The highest BCUT2D eigenvalue weighted by molar-refractivity contribution is 7.21. The van der Waals surface area contributed by atoms with Crippen LogP contribution in [-0.4, -0.2) is 36.5 Å². The number of benzene rings is 1. The van der Waals surface area contributed by atoms with Crippen molar-refractivity contribution in [3.8, 4) is 0 Å². The SMILES string of the molecule is Cl.O=C(N[C@H]1CN2CCC1CC2)c1sc2ccccc2c1Cl. The fourth-order valence-electron chi connectivity index (χ4n) is 3.52. The molecule has 0 aliphatic carbocycles. The quantitative estimate of drug-likeness (QED) is 0.887. The smallest absolute Gasteiger partial charge is 0.263 e. The first-order valence-corrected chi connectivity index (χ1v) is 8.62. The van der Waals surface area contributed by atoms with Crippen molar-refractivity contribution >= 4 is 51.3 Å². The second-order valence-corrected chi connectivity index (χ2v) is 7.39. The van der Waals surface area contributed by atoms with Gasteiger partial charge in [-0.15, -0.1) is 23.7 Å². The molecule has 1 amide bonds. The Hall–Kier alpha value is -0.810. The number of amides is 1. The summed E-state index contributed by atoms with van der Waals surface area (Å²) >= 11 is 7.87. The average Bonchev–Trinajstić information content (AvgIpc) is 2.86. The van der Waals surface area contributed by atoms with Gasteiger partial charge in [0.1, 0.15) is 4.88 Å². The molecule has 2 bridgehead atoms. The Balaban J connectivity index is 0.00000144. The van der Waals surface area contributed by atoms with Crippen molar-refractivity contribution in [2.24, 2.45) is 5.92 Å². The van der Waals surface area contributed by atoms with E-state index >= 15 is 0 Å². The fourth-order valence-corrected chi connectivity index (χ4v) is 4.94. The lowest BCUT2D eigenvalue weighted by atomic mass is 9.84. The topological polar surface area (TPSA) is 32.3 Å². The number of carbonyl (C=O) groups is 1. The number of rotatable bonds is 2. The molecule has 1 aromatic heterocycles. The van der Waals surface area contributed by atoms with E-state index in [-0.39, 0.29) is 24.4 Å². The standard InChI is InChI=1S/C16H17ClN2OS.ClH/c17-14-11-3-1-2-4-13(11)21-15(14)16(20)18-12-9-19-7-5-10(12)6-8-19;/h1-4,10,12H,5-9H2,(H,18,20);1H/t12-;/m0./s1. The van der Waals surface area contributed by atoms with Crippen molar-refractivity contribution in [2.45, 2.75) is 18.9 Å². The number of hydrogen-bond donors (Lipinski definition) is 1. The molecule has 1 N–H and O–H groups in total. The van der Waals surface area contributed by atoms with Crippen molar-refractivity contribution in [3.63, 3.8) is 0 Å². The maximum Gasteiger partial charge on any atom is 0.263 e. The van der Waals surface area contributed by atoms with Crippen molar-refractivity contribution in [1.29, 1.82) is 0 Å². The minimum absolute atomic E-state index is 0. The predicted molar refractivity (Wildman–Crippen MR) is 94.5 cm³/mol. The Morgan fingerprint density at radius 3 is 2.64 bits per heavy atom. The molecule has 1 atom stereocenters. The minimum Gasteiger partial charge on any atom is -0.347 e. The van der Waals surface area contributed by atoms with Crippen LogP contribution in [0.3, 0.4) is 0 Å². The van der Waals surface area contributed by atoms with Crippen LogP contribution in [0.2, 0.25) is 5.02 Å². The fraction of sp³-hybridized carbons (Fsp3) is 0.438. The largest absolute Gasteiger partial charge is 0.347 e. The summed E-state index contributed by atoms with van der Waals surface area (Å²) in [7, 11) is 0. The van der Waals surface area contributed by atoms with Crippen LogP contribution in [0, 0.1) is 5.92 Å². The van der Waals surface area contributed by atoms with E-state index in [4.69, 9.17) is 11.6 Å². The summed E-state index contributed by atoms with van der Waals surface area (Å²) < 4.78 is 1.07. The lowest BCUT2D eigenvalue weighted by Crippen LogP contribution is -2.57. The Kier molecular flexibility index (Phi) is 4.64. The molecule has 6 heteroatoms. The van der Waals surface area contributed by atoms with Crippen LogP contribution >= 0.6 is 35.3 Å². The van der Waals surface area contributed by atoms with Crippen LogP contribution in [0.25, 0.3) is 10.1 Å². The summed E-state index contributed by atoms with van der Waals surface area (Å²) in [4.78, 5) is 15.7. The van der Waals surface area contributed by atoms with E-state index in [9.17, 15) is 4.79 Å². The van der Waals surface area contributed by atoms with Crippen LogP contribution < -0.4 is 5.32 Å². The number of hydrogen-bond acceptors (Lipinski definition) is 3. The third kappa shape index (κ3) is 2.73. The van der Waals surface area contributed by atoms with Gasteiger partial charge in [0.15, 0.2) is 0 Å². The molecule has 3 aliphatic heterocycles. The summed E-state index contributed by atoms with van der Waals surface area (Å²) in [5.41, 5.74) is 0. The molecule has 3 nitrogen and oxygen atoms in total. The molecule has 118 valence electrons. The zero-order valence-corrected chi connectivity index (χ0v) is 14.4. The molecule has 5 rings (SSSR count). The van der Waals surface area contributed by atoms with Crippen molar-refractivity contribution in [2.75, 3.05) is 19.6 Å². The van der Waals surface area contributed by atoms with E-state index in [2.05, 4.69) is 10.2 Å². The number of nitrogens with zero attached hydrogens (tertiary/aromatic N) is 1. The van der Waals surface area contributed by atoms with Gasteiger partial charge in [0.2, 0.25) is 0 Å². The van der Waals surface area contributed by atoms with Gasteiger partial charge in [-0.25, -0.2) is 0 Å². The number of thiophene rings is 1. The van der Waals surface area contributed by atoms with Gasteiger partial charge in [-0.05, 0) is 37.9 Å². The zero-order valence-electron chi connectivity index (χ0n) is 12.0. The number of carbonyl (C=O) groups excluding carboxylic acids is 1. The third-order valence-corrected chi connectivity index (χ3v) is 6.39. The maximum absolute atomic E-state index is 12.6. The average molecular weight is 357 g/mol. The molecule has 0 unspecified atom stereocenters. The summed E-state index contributed by atoms with van der Waals surface area (Å²) in [6, 6.07) is 8.19. The molecule has 0 radical (unpaired) electrons. The van der Waals surface area contributed by atoms with E-state index in [1.807, 2.05) is 24.3 Å². The predicted octanol–water partition coefficient (Wildman–Crippen LogP) is 3.80. The molecule has 22 heavy (non-hydrogen) atoms. The first kappa shape index (κ1) is 16.1. The molecule has 2 aromatic rings. The lowest BCUT2D eigenvalue weighted by molar-refractivity contribution is 0.0623. The summed E-state index contributed by atoms with van der Waals surface area (Å²) in [6.07, 6.45) is 2.40. The highest BCUT2D eigenvalue weighted by atomic mass is 35.5. The highest BCUT2D eigenvalue weighted by Crippen LogP contribution is 2.35. The molecule has 3 fully saturated rings. The molecule has 1 aromatic carbocycles. The van der Waals surface area contributed by atoms with E-state index in [1.54, 1.807) is 0 Å². The van der Waals surface area contributed by atoms with Gasteiger partial charge < -0.3 is 10.2 Å². The Bertz CT molecular complexity index is 695. The molecule has 0 saturated carbocycles. The molecule has 0 spiro atoms. The van der Waals surface area contributed by atoms with E-state index in [0.29, 0.717) is 15.8 Å². The van der Waals surface area contributed by atoms with Gasteiger partial charge in [-0.1, -0.05) is 29.8 Å². The van der Waals surface area contributed by atoms with Crippen LogP contribution in [-0.2, 0) is 0 Å². The van der Waals surface area contributed by atoms with Gasteiger partial charge in [-0.2, -0.15) is 0 Å². The summed E-state index contributed by atoms with van der Waals surface area (Å²) in [5.74, 6) is 0.618. The molecular weight excluding hydrogens is 339 g/mol. The number of piperidine rings is 3. The van der Waals surface area contributed by atoms with E-state index in [1.165, 1.54) is 37.3 Å². The maximum atomic E-state index is 12.6. The van der Waals surface area contributed by atoms with Gasteiger partial charge in [0, 0.05) is 22.7 Å². The normalized spacial score (nSPS) is 26.7. The summed E-state index contributed by atoms with van der Waals surface area (Å²) in [5, 5.41) is 4.78. The van der Waals surface area contributed by atoms with Gasteiger partial charge >= 0.3 is 0 Å². The van der Waals surface area contributed by atoms with Crippen LogP contribution in [0.1, 0.15) is 22.5 Å². The Morgan fingerprint density at radius 1 is 1.27 bits per heavy atom. The van der Waals surface area contributed by atoms with Crippen LogP contribution in [0.4, 0.5) is 0 Å². The van der Waals surface area contributed by atoms with Crippen LogP contribution in [0.5, 0.6) is 0 Å². The van der Waals surface area contributed by atoms with Crippen molar-refractivity contribution in [3.05, 3.63) is 34.2 Å². The first-order valence-electron chi connectivity index (χ1n) is 7.42. The first-order chi connectivity index (χ1) is 10.2. The van der Waals surface area contributed by atoms with Gasteiger partial charge in [0.05, 0.1) is 5.02 Å². The Morgan fingerprint density at radius 2 is 2.00 bits per heavy atom. The van der Waals surface area contributed by atoms with Gasteiger partial charge in [-0.3, -0.25) is 4.79 Å². The zero-order chi connectivity index (χ0) is 14.4. The lowest BCUT2D eigenvalue weighted by Gasteiger charge is -2.44. The van der Waals surface area contributed by atoms with Crippen LogP contribution in [0.15, 0.2) is 24.3 Å². The molecule has 4 heterocycles. The highest BCUT2D eigenvalue weighted by Gasteiger charge is 2.35. The monoisotopic (exact) mass is 356 g/mol. The number of fused-ring (bicyclic) bond motifs is 4.